The lowest BCUT2D eigenvalue weighted by atomic mass is 9.70. The highest BCUT2D eigenvalue weighted by molar-refractivity contribution is 5.70. The largest absolute Gasteiger partial charge is 0.462 e. The Morgan fingerprint density at radius 3 is 2.44 bits per heavy atom. The van der Waals surface area contributed by atoms with Crippen molar-refractivity contribution in [1.29, 1.82) is 0 Å². The van der Waals surface area contributed by atoms with Gasteiger partial charge in [0.05, 0.1) is 0 Å². The molecule has 0 N–H and O–H groups in total. The van der Waals surface area contributed by atoms with E-state index in [1.54, 1.807) is 0 Å². The zero-order valence-corrected chi connectivity index (χ0v) is 10.6. The number of hydrogen-bond donors (Lipinski definition) is 0. The van der Waals surface area contributed by atoms with Crippen LogP contribution in [-0.4, -0.2) is 12.1 Å². The van der Waals surface area contributed by atoms with Crippen LogP contribution in [0.25, 0.3) is 0 Å². The first kappa shape index (κ1) is 11.9. The van der Waals surface area contributed by atoms with Gasteiger partial charge >= 0.3 is 5.97 Å². The van der Waals surface area contributed by atoms with Gasteiger partial charge in [0, 0.05) is 6.42 Å². The smallest absolute Gasteiger partial charge is 0.306 e. The minimum atomic E-state index is 0.0556. The standard InChI is InChI=1S/C14H24O2/c1-3-10(4-2)13-8-12(9-14(15)16-13)11-6-5-7-11/h10-13H,3-9H2,1-2H3. The third-order valence-electron chi connectivity index (χ3n) is 4.64. The van der Waals surface area contributed by atoms with E-state index in [0.29, 0.717) is 18.3 Å². The number of rotatable bonds is 4. The molecular formula is C14H24O2. The van der Waals surface area contributed by atoms with Crippen molar-refractivity contribution < 1.29 is 9.53 Å². The summed E-state index contributed by atoms with van der Waals surface area (Å²) in [6.07, 6.45) is 8.33. The molecule has 1 saturated carbocycles. The van der Waals surface area contributed by atoms with E-state index in [-0.39, 0.29) is 12.1 Å². The zero-order chi connectivity index (χ0) is 11.5. The second-order valence-corrected chi connectivity index (χ2v) is 5.50. The van der Waals surface area contributed by atoms with E-state index in [9.17, 15) is 4.79 Å². The van der Waals surface area contributed by atoms with E-state index in [1.807, 2.05) is 0 Å². The average Bonchev–Trinajstić information content (AvgIpc) is 2.16. The van der Waals surface area contributed by atoms with Gasteiger partial charge in [0.25, 0.3) is 0 Å². The van der Waals surface area contributed by atoms with E-state index in [2.05, 4.69) is 13.8 Å². The highest BCUT2D eigenvalue weighted by Gasteiger charge is 2.37. The van der Waals surface area contributed by atoms with Crippen LogP contribution in [0.2, 0.25) is 0 Å². The second-order valence-electron chi connectivity index (χ2n) is 5.50. The lowest BCUT2D eigenvalue weighted by Gasteiger charge is -2.40. The maximum atomic E-state index is 11.6. The van der Waals surface area contributed by atoms with Gasteiger partial charge in [-0.25, -0.2) is 0 Å². The lowest BCUT2D eigenvalue weighted by molar-refractivity contribution is -0.163. The van der Waals surface area contributed by atoms with Crippen LogP contribution in [0.1, 0.15) is 58.8 Å². The molecule has 16 heavy (non-hydrogen) atoms. The highest BCUT2D eigenvalue weighted by Crippen LogP contribution is 2.41. The van der Waals surface area contributed by atoms with Crippen molar-refractivity contribution in [2.24, 2.45) is 17.8 Å². The Morgan fingerprint density at radius 2 is 1.94 bits per heavy atom. The number of ether oxygens (including phenoxy) is 1. The summed E-state index contributed by atoms with van der Waals surface area (Å²) in [6, 6.07) is 0. The molecule has 2 aliphatic rings. The molecule has 2 atom stereocenters. The van der Waals surface area contributed by atoms with Gasteiger partial charge in [0.2, 0.25) is 0 Å². The van der Waals surface area contributed by atoms with Crippen molar-refractivity contribution in [1.82, 2.24) is 0 Å². The summed E-state index contributed by atoms with van der Waals surface area (Å²) in [6.45, 7) is 4.41. The Hall–Kier alpha value is -0.530. The summed E-state index contributed by atoms with van der Waals surface area (Å²) < 4.78 is 5.54. The Morgan fingerprint density at radius 1 is 1.25 bits per heavy atom. The maximum absolute atomic E-state index is 11.6. The molecule has 0 radical (unpaired) electrons. The SMILES string of the molecule is CCC(CC)C1CC(C2CCC2)CC(=O)O1. The number of esters is 1. The van der Waals surface area contributed by atoms with E-state index >= 15 is 0 Å². The maximum Gasteiger partial charge on any atom is 0.306 e. The van der Waals surface area contributed by atoms with Gasteiger partial charge in [-0.3, -0.25) is 4.79 Å². The summed E-state index contributed by atoms with van der Waals surface area (Å²) in [5.41, 5.74) is 0. The van der Waals surface area contributed by atoms with Crippen LogP contribution in [0.3, 0.4) is 0 Å². The molecule has 2 nitrogen and oxygen atoms in total. The van der Waals surface area contributed by atoms with Crippen LogP contribution < -0.4 is 0 Å². The van der Waals surface area contributed by atoms with Crippen LogP contribution in [0, 0.1) is 17.8 Å². The molecule has 0 spiro atoms. The van der Waals surface area contributed by atoms with Gasteiger partial charge in [-0.15, -0.1) is 0 Å². The summed E-state index contributed by atoms with van der Waals surface area (Å²) in [5, 5.41) is 0. The monoisotopic (exact) mass is 224 g/mol. The second kappa shape index (κ2) is 5.20. The number of carbonyl (C=O) groups excluding carboxylic acids is 1. The van der Waals surface area contributed by atoms with Crippen molar-refractivity contribution in [3.8, 4) is 0 Å². The number of carbonyl (C=O) groups is 1. The third-order valence-corrected chi connectivity index (χ3v) is 4.64. The molecule has 2 unspecified atom stereocenters. The minimum Gasteiger partial charge on any atom is -0.462 e. The van der Waals surface area contributed by atoms with Gasteiger partial charge < -0.3 is 4.74 Å². The van der Waals surface area contributed by atoms with Crippen LogP contribution in [0.15, 0.2) is 0 Å². The quantitative estimate of drug-likeness (QED) is 0.683. The predicted molar refractivity (Wildman–Crippen MR) is 64.0 cm³/mol. The Labute approximate surface area is 98.7 Å². The topological polar surface area (TPSA) is 26.3 Å². The van der Waals surface area contributed by atoms with Gasteiger partial charge in [-0.2, -0.15) is 0 Å². The van der Waals surface area contributed by atoms with Crippen LogP contribution in [0.5, 0.6) is 0 Å². The molecule has 2 heteroatoms. The van der Waals surface area contributed by atoms with Crippen molar-refractivity contribution in [3.05, 3.63) is 0 Å². The van der Waals surface area contributed by atoms with Crippen molar-refractivity contribution >= 4 is 5.97 Å². The van der Waals surface area contributed by atoms with E-state index in [1.165, 1.54) is 19.3 Å². The Balaban J connectivity index is 1.95. The molecule has 1 aliphatic carbocycles. The molecule has 1 heterocycles. The summed E-state index contributed by atoms with van der Waals surface area (Å²) in [5.74, 6) is 2.08. The summed E-state index contributed by atoms with van der Waals surface area (Å²) in [4.78, 5) is 11.6. The minimum absolute atomic E-state index is 0.0556. The fraction of sp³-hybridized carbons (Fsp3) is 0.929. The molecule has 0 bridgehead atoms. The van der Waals surface area contributed by atoms with Crippen molar-refractivity contribution in [2.75, 3.05) is 0 Å². The first-order valence-corrected chi connectivity index (χ1v) is 6.94. The first-order chi connectivity index (χ1) is 7.74. The predicted octanol–water partition coefficient (Wildman–Crippen LogP) is 3.54. The molecule has 0 aromatic rings. The molecule has 1 saturated heterocycles. The third kappa shape index (κ3) is 2.41. The van der Waals surface area contributed by atoms with Gasteiger partial charge in [0.15, 0.2) is 0 Å². The summed E-state index contributed by atoms with van der Waals surface area (Å²) in [7, 11) is 0. The van der Waals surface area contributed by atoms with Gasteiger partial charge in [-0.1, -0.05) is 33.1 Å². The van der Waals surface area contributed by atoms with Gasteiger partial charge in [0.1, 0.15) is 6.10 Å². The summed E-state index contributed by atoms with van der Waals surface area (Å²) >= 11 is 0. The Kier molecular flexibility index (Phi) is 3.88. The molecule has 1 aliphatic heterocycles. The van der Waals surface area contributed by atoms with Gasteiger partial charge in [-0.05, 0) is 37.0 Å². The molecule has 0 amide bonds. The number of cyclic esters (lactones) is 1. The first-order valence-electron chi connectivity index (χ1n) is 6.94. The van der Waals surface area contributed by atoms with Crippen LogP contribution >= 0.6 is 0 Å². The fourth-order valence-electron chi connectivity index (χ4n) is 3.23. The fourth-order valence-corrected chi connectivity index (χ4v) is 3.23. The molecule has 0 aromatic carbocycles. The number of hydrogen-bond acceptors (Lipinski definition) is 2. The van der Waals surface area contributed by atoms with E-state index in [4.69, 9.17) is 4.74 Å². The molecule has 2 fully saturated rings. The molecule has 0 aromatic heterocycles. The molecular weight excluding hydrogens is 200 g/mol. The molecule has 92 valence electrons. The van der Waals surface area contributed by atoms with E-state index < -0.39 is 0 Å². The lowest BCUT2D eigenvalue weighted by Crippen LogP contribution is -2.38. The van der Waals surface area contributed by atoms with Crippen molar-refractivity contribution in [2.45, 2.75) is 64.9 Å². The normalized spacial score (nSPS) is 31.3. The zero-order valence-electron chi connectivity index (χ0n) is 10.6. The highest BCUT2D eigenvalue weighted by atomic mass is 16.5. The van der Waals surface area contributed by atoms with Crippen LogP contribution in [0.4, 0.5) is 0 Å². The van der Waals surface area contributed by atoms with E-state index in [0.717, 1.165) is 25.2 Å². The molecule has 2 rings (SSSR count). The van der Waals surface area contributed by atoms with Crippen LogP contribution in [-0.2, 0) is 9.53 Å². The van der Waals surface area contributed by atoms with Crippen molar-refractivity contribution in [3.63, 3.8) is 0 Å². The Bertz CT molecular complexity index is 241. The average molecular weight is 224 g/mol.